The minimum atomic E-state index is -0.135. The lowest BCUT2D eigenvalue weighted by atomic mass is 9.95. The molecule has 2 aromatic carbocycles. The number of fused-ring (bicyclic) bond motifs is 1. The maximum Gasteiger partial charge on any atom is 0.136 e. The summed E-state index contributed by atoms with van der Waals surface area (Å²) < 4.78 is 0. The van der Waals surface area contributed by atoms with E-state index in [0.29, 0.717) is 5.15 Å². The summed E-state index contributed by atoms with van der Waals surface area (Å²) in [7, 11) is 0. The van der Waals surface area contributed by atoms with Gasteiger partial charge in [0.2, 0.25) is 0 Å². The highest BCUT2D eigenvalue weighted by Crippen LogP contribution is 2.30. The molecule has 0 spiro atoms. The Hall–Kier alpha value is -1.93. The van der Waals surface area contributed by atoms with Gasteiger partial charge in [0, 0.05) is 17.0 Å². The lowest BCUT2D eigenvalue weighted by Crippen LogP contribution is -2.16. The quantitative estimate of drug-likeness (QED) is 0.573. The molecule has 0 aliphatic carbocycles. The van der Waals surface area contributed by atoms with Crippen LogP contribution < -0.4 is 0 Å². The topological polar surface area (TPSA) is 25.8 Å². The number of halogens is 1. The summed E-state index contributed by atoms with van der Waals surface area (Å²) in [5.74, 6) is 0.762. The van der Waals surface area contributed by atoms with Crippen molar-refractivity contribution in [2.75, 3.05) is 0 Å². The summed E-state index contributed by atoms with van der Waals surface area (Å²) in [4.78, 5) is 9.09. The highest BCUT2D eigenvalue weighted by molar-refractivity contribution is 6.29. The van der Waals surface area contributed by atoms with Gasteiger partial charge < -0.3 is 0 Å². The van der Waals surface area contributed by atoms with Gasteiger partial charge in [-0.3, -0.25) is 0 Å². The Bertz CT molecular complexity index is 798. The Morgan fingerprint density at radius 1 is 0.905 bits per heavy atom. The van der Waals surface area contributed by atoms with Crippen LogP contribution in [0.4, 0.5) is 0 Å². The van der Waals surface area contributed by atoms with Crippen molar-refractivity contribution in [3.05, 3.63) is 59.5 Å². The Balaban J connectivity index is 2.26. The lowest BCUT2D eigenvalue weighted by molar-refractivity contribution is 0.546. The number of rotatable bonds is 1. The van der Waals surface area contributed by atoms with Crippen LogP contribution in [0.2, 0.25) is 5.15 Å². The third-order valence-electron chi connectivity index (χ3n) is 3.43. The smallest absolute Gasteiger partial charge is 0.136 e. The zero-order valence-electron chi connectivity index (χ0n) is 12.4. The van der Waals surface area contributed by atoms with Gasteiger partial charge >= 0.3 is 0 Å². The molecule has 0 amide bonds. The Morgan fingerprint density at radius 2 is 1.62 bits per heavy atom. The van der Waals surface area contributed by atoms with Crippen molar-refractivity contribution in [1.82, 2.24) is 9.97 Å². The maximum absolute atomic E-state index is 6.21. The molecule has 1 heterocycles. The number of benzene rings is 2. The first-order chi connectivity index (χ1) is 9.95. The monoisotopic (exact) mass is 296 g/mol. The molecule has 0 N–H and O–H groups in total. The molecule has 21 heavy (non-hydrogen) atoms. The fraction of sp³-hybridized carbons (Fsp3) is 0.222. The normalized spacial score (nSPS) is 11.8. The fourth-order valence-electron chi connectivity index (χ4n) is 2.34. The molecule has 0 saturated heterocycles. The van der Waals surface area contributed by atoms with E-state index in [4.69, 9.17) is 16.6 Å². The number of hydrogen-bond acceptors (Lipinski definition) is 2. The van der Waals surface area contributed by atoms with Gasteiger partial charge in [0.1, 0.15) is 11.0 Å². The molecule has 1 aromatic heterocycles. The highest BCUT2D eigenvalue weighted by Gasteiger charge is 2.19. The van der Waals surface area contributed by atoms with Crippen molar-refractivity contribution < 1.29 is 0 Å². The first-order valence-corrected chi connectivity index (χ1v) is 7.36. The summed E-state index contributed by atoms with van der Waals surface area (Å²) >= 11 is 6.21. The van der Waals surface area contributed by atoms with E-state index in [1.807, 2.05) is 24.3 Å². The van der Waals surface area contributed by atoms with Crippen molar-refractivity contribution in [2.24, 2.45) is 0 Å². The first-order valence-electron chi connectivity index (χ1n) is 6.98. The first kappa shape index (κ1) is 14.0. The Kier molecular flexibility index (Phi) is 3.42. The molecule has 3 heteroatoms. The zero-order valence-corrected chi connectivity index (χ0v) is 13.1. The van der Waals surface area contributed by atoms with Crippen molar-refractivity contribution >= 4 is 22.4 Å². The van der Waals surface area contributed by atoms with Crippen molar-refractivity contribution in [3.63, 3.8) is 0 Å². The van der Waals surface area contributed by atoms with Gasteiger partial charge in [-0.2, -0.15) is 0 Å². The van der Waals surface area contributed by atoms with Crippen LogP contribution in [-0.4, -0.2) is 9.97 Å². The summed E-state index contributed by atoms with van der Waals surface area (Å²) in [6.45, 7) is 6.27. The molecular formula is C18H17ClN2. The molecule has 2 nitrogen and oxygen atoms in total. The summed E-state index contributed by atoms with van der Waals surface area (Å²) in [5, 5.41) is 2.86. The van der Waals surface area contributed by atoms with Crippen LogP contribution in [0.15, 0.2) is 48.5 Å². The van der Waals surface area contributed by atoms with E-state index < -0.39 is 0 Å². The molecule has 3 aromatic rings. The molecule has 0 aliphatic heterocycles. The Labute approximate surface area is 129 Å². The number of nitrogens with zero attached hydrogens (tertiary/aromatic N) is 2. The molecule has 106 valence electrons. The van der Waals surface area contributed by atoms with E-state index in [0.717, 1.165) is 17.1 Å². The molecule has 0 saturated carbocycles. The largest absolute Gasteiger partial charge is 0.232 e. The van der Waals surface area contributed by atoms with Gasteiger partial charge in [0.25, 0.3) is 0 Å². The van der Waals surface area contributed by atoms with Crippen LogP contribution in [0.25, 0.3) is 22.0 Å². The number of aromatic nitrogens is 2. The molecule has 3 rings (SSSR count). The minimum Gasteiger partial charge on any atom is -0.232 e. The van der Waals surface area contributed by atoms with Crippen LogP contribution in [0.5, 0.6) is 0 Å². The Morgan fingerprint density at radius 3 is 2.38 bits per heavy atom. The molecule has 0 unspecified atom stereocenters. The highest BCUT2D eigenvalue weighted by atomic mass is 35.5. The predicted octanol–water partition coefficient (Wildman–Crippen LogP) is 5.25. The molecule has 0 bridgehead atoms. The summed E-state index contributed by atoms with van der Waals surface area (Å²) in [6, 6.07) is 16.4. The van der Waals surface area contributed by atoms with E-state index in [1.165, 1.54) is 10.8 Å². The van der Waals surface area contributed by atoms with Crippen molar-refractivity contribution in [3.8, 4) is 11.3 Å². The van der Waals surface area contributed by atoms with E-state index >= 15 is 0 Å². The van der Waals surface area contributed by atoms with Crippen LogP contribution >= 0.6 is 11.6 Å². The second kappa shape index (κ2) is 5.12. The lowest BCUT2D eigenvalue weighted by Gasteiger charge is -2.18. The summed E-state index contributed by atoms with van der Waals surface area (Å²) in [6.07, 6.45) is 0. The van der Waals surface area contributed by atoms with Crippen LogP contribution in [0.3, 0.4) is 0 Å². The third-order valence-corrected chi connectivity index (χ3v) is 3.62. The van der Waals surface area contributed by atoms with Gasteiger partial charge in [-0.15, -0.1) is 0 Å². The van der Waals surface area contributed by atoms with Crippen LogP contribution in [0.1, 0.15) is 26.6 Å². The molecule has 0 aliphatic rings. The molecule has 0 atom stereocenters. The predicted molar refractivity (Wildman–Crippen MR) is 88.7 cm³/mol. The van der Waals surface area contributed by atoms with Crippen LogP contribution in [0, 0.1) is 0 Å². The van der Waals surface area contributed by atoms with Gasteiger partial charge in [-0.25, -0.2) is 9.97 Å². The van der Waals surface area contributed by atoms with Crippen LogP contribution in [-0.2, 0) is 5.41 Å². The summed E-state index contributed by atoms with van der Waals surface area (Å²) in [5.41, 5.74) is 1.82. The second-order valence-electron chi connectivity index (χ2n) is 6.18. The fourth-order valence-corrected chi connectivity index (χ4v) is 2.52. The average molecular weight is 297 g/mol. The van der Waals surface area contributed by atoms with Gasteiger partial charge in [0.15, 0.2) is 0 Å². The van der Waals surface area contributed by atoms with E-state index in [1.54, 1.807) is 0 Å². The van der Waals surface area contributed by atoms with Gasteiger partial charge in [0.05, 0.1) is 5.69 Å². The maximum atomic E-state index is 6.21. The number of hydrogen-bond donors (Lipinski definition) is 0. The minimum absolute atomic E-state index is 0.135. The molecular weight excluding hydrogens is 280 g/mol. The standard InChI is InChI=1S/C18H17ClN2/c1-18(2,3)17-20-15(11-16(19)21-17)14-10-6-8-12-7-4-5-9-13(12)14/h4-11H,1-3H3. The van der Waals surface area contributed by atoms with Gasteiger partial charge in [-0.1, -0.05) is 74.8 Å². The zero-order chi connectivity index (χ0) is 15.0. The van der Waals surface area contributed by atoms with Gasteiger partial charge in [-0.05, 0) is 10.8 Å². The average Bonchev–Trinajstić information content (AvgIpc) is 2.45. The van der Waals surface area contributed by atoms with E-state index in [2.05, 4.69) is 50.0 Å². The van der Waals surface area contributed by atoms with Crippen molar-refractivity contribution in [1.29, 1.82) is 0 Å². The van der Waals surface area contributed by atoms with E-state index in [-0.39, 0.29) is 5.41 Å². The molecule has 0 radical (unpaired) electrons. The SMILES string of the molecule is CC(C)(C)c1nc(Cl)cc(-c2cccc3ccccc23)n1. The third kappa shape index (κ3) is 2.77. The molecule has 0 fully saturated rings. The van der Waals surface area contributed by atoms with Crippen molar-refractivity contribution in [2.45, 2.75) is 26.2 Å². The van der Waals surface area contributed by atoms with E-state index in [9.17, 15) is 0 Å². The second-order valence-corrected chi connectivity index (χ2v) is 6.56.